The number of hydrogen-bond donors (Lipinski definition) is 1. The third-order valence-corrected chi connectivity index (χ3v) is 5.45. The van der Waals surface area contributed by atoms with Crippen LogP contribution in [0.1, 0.15) is 25.8 Å². The van der Waals surface area contributed by atoms with Gasteiger partial charge in [0.2, 0.25) is 11.1 Å². The van der Waals surface area contributed by atoms with Crippen LogP contribution in [0.3, 0.4) is 0 Å². The quantitative estimate of drug-likeness (QED) is 0.671. The maximum Gasteiger partial charge on any atom is 0.233 e. The maximum absolute atomic E-state index is 12.5. The number of nitrogens with zero attached hydrogens (tertiary/aromatic N) is 4. The van der Waals surface area contributed by atoms with Gasteiger partial charge in [0, 0.05) is 18.7 Å². The van der Waals surface area contributed by atoms with Gasteiger partial charge >= 0.3 is 0 Å². The van der Waals surface area contributed by atoms with Gasteiger partial charge in [-0.05, 0) is 25.2 Å². The summed E-state index contributed by atoms with van der Waals surface area (Å²) in [7, 11) is 0. The van der Waals surface area contributed by atoms with Gasteiger partial charge in [0.25, 0.3) is 0 Å². The second-order valence-electron chi connectivity index (χ2n) is 7.08. The fourth-order valence-corrected chi connectivity index (χ4v) is 4.12. The number of carbonyl (C=O) groups is 1. The van der Waals surface area contributed by atoms with Gasteiger partial charge in [0.1, 0.15) is 0 Å². The van der Waals surface area contributed by atoms with Gasteiger partial charge in [0.15, 0.2) is 5.82 Å². The number of hydrogen-bond acceptors (Lipinski definition) is 5. The Bertz CT molecular complexity index is 732. The first-order valence-electron chi connectivity index (χ1n) is 8.62. The van der Waals surface area contributed by atoms with Crippen molar-refractivity contribution in [1.82, 2.24) is 19.8 Å². The highest BCUT2D eigenvalue weighted by Crippen LogP contribution is 2.24. The van der Waals surface area contributed by atoms with Gasteiger partial charge in [-0.25, -0.2) is 4.68 Å². The number of nitrogens with two attached hydrogens (primary N) is 1. The van der Waals surface area contributed by atoms with E-state index in [2.05, 4.69) is 24.0 Å². The SMILES string of the molecule is Cc1ccc(-c2nnc(SCC(=O)N3C[C@H](C)C[C@H](C)C3)n2N)cc1. The molecule has 1 aliphatic heterocycles. The summed E-state index contributed by atoms with van der Waals surface area (Å²) in [6.07, 6.45) is 1.19. The van der Waals surface area contributed by atoms with Crippen LogP contribution < -0.4 is 5.84 Å². The molecular weight excluding hydrogens is 334 g/mol. The largest absolute Gasteiger partial charge is 0.341 e. The summed E-state index contributed by atoms with van der Waals surface area (Å²) in [5.74, 6) is 8.33. The lowest BCUT2D eigenvalue weighted by Crippen LogP contribution is -2.43. The van der Waals surface area contributed by atoms with Gasteiger partial charge in [-0.1, -0.05) is 55.4 Å². The zero-order valence-corrected chi connectivity index (χ0v) is 15.8. The molecule has 25 heavy (non-hydrogen) atoms. The van der Waals surface area contributed by atoms with Gasteiger partial charge in [-0.3, -0.25) is 4.79 Å². The highest BCUT2D eigenvalue weighted by atomic mass is 32.2. The molecule has 0 radical (unpaired) electrons. The Hall–Kier alpha value is -2.02. The van der Waals surface area contributed by atoms with Crippen LogP contribution in [-0.2, 0) is 4.79 Å². The van der Waals surface area contributed by atoms with E-state index in [9.17, 15) is 4.79 Å². The Morgan fingerprint density at radius 3 is 2.48 bits per heavy atom. The number of likely N-dealkylation sites (tertiary alicyclic amines) is 1. The molecule has 3 rings (SSSR count). The molecule has 7 heteroatoms. The number of amides is 1. The van der Waals surface area contributed by atoms with Crippen LogP contribution in [0.2, 0.25) is 0 Å². The van der Waals surface area contributed by atoms with Crippen molar-refractivity contribution >= 4 is 17.7 Å². The van der Waals surface area contributed by atoms with Crippen LogP contribution in [-0.4, -0.2) is 44.5 Å². The van der Waals surface area contributed by atoms with Crippen molar-refractivity contribution in [3.63, 3.8) is 0 Å². The molecule has 1 aliphatic rings. The summed E-state index contributed by atoms with van der Waals surface area (Å²) in [4.78, 5) is 14.5. The van der Waals surface area contributed by atoms with E-state index >= 15 is 0 Å². The predicted octanol–water partition coefficient (Wildman–Crippen LogP) is 2.56. The highest BCUT2D eigenvalue weighted by molar-refractivity contribution is 7.99. The number of benzene rings is 1. The van der Waals surface area contributed by atoms with Crippen molar-refractivity contribution in [1.29, 1.82) is 0 Å². The maximum atomic E-state index is 12.5. The first-order valence-corrected chi connectivity index (χ1v) is 9.60. The van der Waals surface area contributed by atoms with E-state index in [4.69, 9.17) is 5.84 Å². The van der Waals surface area contributed by atoms with E-state index in [-0.39, 0.29) is 5.91 Å². The fraction of sp³-hybridized carbons (Fsp3) is 0.500. The zero-order chi connectivity index (χ0) is 18.0. The summed E-state index contributed by atoms with van der Waals surface area (Å²) in [6, 6.07) is 7.97. The van der Waals surface area contributed by atoms with Crippen molar-refractivity contribution in [2.75, 3.05) is 24.7 Å². The third kappa shape index (κ3) is 4.15. The molecule has 0 aliphatic carbocycles. The van der Waals surface area contributed by atoms with E-state index in [1.54, 1.807) is 0 Å². The van der Waals surface area contributed by atoms with E-state index < -0.39 is 0 Å². The van der Waals surface area contributed by atoms with E-state index in [1.807, 2.05) is 36.1 Å². The molecule has 1 aromatic carbocycles. The minimum absolute atomic E-state index is 0.142. The van der Waals surface area contributed by atoms with E-state index in [0.717, 1.165) is 18.7 Å². The van der Waals surface area contributed by atoms with Crippen LogP contribution in [0.25, 0.3) is 11.4 Å². The molecule has 2 N–H and O–H groups in total. The predicted molar refractivity (Wildman–Crippen MR) is 101 cm³/mol. The van der Waals surface area contributed by atoms with Crippen LogP contribution in [0.4, 0.5) is 0 Å². The molecule has 1 amide bonds. The van der Waals surface area contributed by atoms with Crippen molar-refractivity contribution < 1.29 is 4.79 Å². The number of rotatable bonds is 4. The third-order valence-electron chi connectivity index (χ3n) is 4.52. The first-order chi connectivity index (χ1) is 11.9. The molecule has 2 atom stereocenters. The summed E-state index contributed by atoms with van der Waals surface area (Å²) in [5, 5.41) is 8.87. The Kier molecular flexibility index (Phi) is 5.32. The number of aromatic nitrogens is 3. The van der Waals surface area contributed by atoms with Crippen LogP contribution in [0.5, 0.6) is 0 Å². The average Bonchev–Trinajstić information content (AvgIpc) is 2.93. The molecule has 0 bridgehead atoms. The molecule has 6 nitrogen and oxygen atoms in total. The van der Waals surface area contributed by atoms with Crippen LogP contribution in [0.15, 0.2) is 29.4 Å². The first kappa shape index (κ1) is 17.8. The highest BCUT2D eigenvalue weighted by Gasteiger charge is 2.25. The number of nitrogen functional groups attached to an aromatic ring is 1. The lowest BCUT2D eigenvalue weighted by atomic mass is 9.92. The second-order valence-corrected chi connectivity index (χ2v) is 8.02. The Morgan fingerprint density at radius 2 is 1.84 bits per heavy atom. The minimum Gasteiger partial charge on any atom is -0.341 e. The van der Waals surface area contributed by atoms with Gasteiger partial charge < -0.3 is 10.7 Å². The lowest BCUT2D eigenvalue weighted by molar-refractivity contribution is -0.130. The molecule has 0 saturated carbocycles. The Labute approximate surface area is 152 Å². The molecule has 1 aromatic heterocycles. The summed E-state index contributed by atoms with van der Waals surface area (Å²) in [6.45, 7) is 8.12. The van der Waals surface area contributed by atoms with Crippen molar-refractivity contribution in [2.45, 2.75) is 32.3 Å². The smallest absolute Gasteiger partial charge is 0.233 e. The van der Waals surface area contributed by atoms with Gasteiger partial charge in [0.05, 0.1) is 5.75 Å². The van der Waals surface area contributed by atoms with Crippen LogP contribution in [0, 0.1) is 18.8 Å². The van der Waals surface area contributed by atoms with Crippen LogP contribution >= 0.6 is 11.8 Å². The van der Waals surface area contributed by atoms with Crippen molar-refractivity contribution in [2.24, 2.45) is 11.8 Å². The number of piperidine rings is 1. The molecule has 0 spiro atoms. The second kappa shape index (κ2) is 7.47. The fourth-order valence-electron chi connectivity index (χ4n) is 3.36. The summed E-state index contributed by atoms with van der Waals surface area (Å²) < 4.78 is 1.46. The summed E-state index contributed by atoms with van der Waals surface area (Å²) in [5.41, 5.74) is 2.09. The topological polar surface area (TPSA) is 77.0 Å². The zero-order valence-electron chi connectivity index (χ0n) is 15.0. The van der Waals surface area contributed by atoms with E-state index in [1.165, 1.54) is 28.4 Å². The number of aryl methyl sites for hydroxylation is 1. The molecule has 134 valence electrons. The molecule has 1 fully saturated rings. The lowest BCUT2D eigenvalue weighted by Gasteiger charge is -2.34. The molecule has 2 heterocycles. The standard InChI is InChI=1S/C18H25N5OS/c1-12-4-6-15(7-5-12)17-20-21-18(23(17)19)25-11-16(24)22-9-13(2)8-14(3)10-22/h4-7,13-14H,8-11,19H2,1-3H3/t13-,14+. The number of thioether (sulfide) groups is 1. The Morgan fingerprint density at radius 1 is 1.20 bits per heavy atom. The van der Waals surface area contributed by atoms with E-state index in [0.29, 0.717) is 28.6 Å². The van der Waals surface area contributed by atoms with Crippen molar-refractivity contribution in [3.05, 3.63) is 29.8 Å². The molecule has 2 aromatic rings. The molecule has 0 unspecified atom stereocenters. The normalized spacial score (nSPS) is 20.7. The van der Waals surface area contributed by atoms with Gasteiger partial charge in [-0.2, -0.15) is 0 Å². The molecular formula is C18H25N5OS. The Balaban J connectivity index is 1.64. The van der Waals surface area contributed by atoms with Gasteiger partial charge in [-0.15, -0.1) is 10.2 Å². The minimum atomic E-state index is 0.142. The number of carbonyl (C=O) groups excluding carboxylic acids is 1. The van der Waals surface area contributed by atoms with Crippen molar-refractivity contribution in [3.8, 4) is 11.4 Å². The average molecular weight is 359 g/mol. The summed E-state index contributed by atoms with van der Waals surface area (Å²) >= 11 is 1.34. The monoisotopic (exact) mass is 359 g/mol. The molecule has 1 saturated heterocycles.